The summed E-state index contributed by atoms with van der Waals surface area (Å²) in [4.78, 5) is 22.7. The fourth-order valence-electron chi connectivity index (χ4n) is 1.56. The second-order valence-electron chi connectivity index (χ2n) is 4.19. The summed E-state index contributed by atoms with van der Waals surface area (Å²) in [5, 5.41) is 0.224. The molecule has 0 aliphatic heterocycles. The number of rotatable bonds is 3. The molecule has 0 spiro atoms. The third-order valence-corrected chi connectivity index (χ3v) is 3.55. The molecular formula is C12H7F3O6S. The molecule has 118 valence electrons. The maximum Gasteiger partial charge on any atom is 0.534 e. The van der Waals surface area contributed by atoms with Crippen molar-refractivity contribution in [1.29, 1.82) is 0 Å². The van der Waals surface area contributed by atoms with E-state index in [1.807, 2.05) is 0 Å². The van der Waals surface area contributed by atoms with Gasteiger partial charge in [-0.1, -0.05) is 0 Å². The summed E-state index contributed by atoms with van der Waals surface area (Å²) in [7, 11) is -5.83. The predicted molar refractivity (Wildman–Crippen MR) is 68.1 cm³/mol. The summed E-state index contributed by atoms with van der Waals surface area (Å²) < 4.78 is 67.1. The Balaban J connectivity index is 2.51. The molecule has 6 nitrogen and oxygen atoms in total. The topological polar surface area (TPSA) is 90.7 Å². The zero-order valence-electron chi connectivity index (χ0n) is 10.8. The minimum Gasteiger partial charge on any atom is -0.422 e. The molecule has 0 fully saturated rings. The van der Waals surface area contributed by atoms with E-state index in [1.54, 1.807) is 0 Å². The van der Waals surface area contributed by atoms with E-state index in [1.165, 1.54) is 6.07 Å². The third-order valence-electron chi connectivity index (χ3n) is 2.58. The van der Waals surface area contributed by atoms with E-state index in [9.17, 15) is 31.2 Å². The van der Waals surface area contributed by atoms with E-state index >= 15 is 0 Å². The van der Waals surface area contributed by atoms with Crippen LogP contribution in [0, 0.1) is 0 Å². The first-order valence-corrected chi connectivity index (χ1v) is 7.02. The Labute approximate surface area is 121 Å². The normalized spacial score (nSPS) is 12.4. The maximum absolute atomic E-state index is 12.2. The van der Waals surface area contributed by atoms with Gasteiger partial charge in [-0.05, 0) is 25.1 Å². The first-order valence-electron chi connectivity index (χ1n) is 5.61. The average molecular weight is 336 g/mol. The van der Waals surface area contributed by atoms with Crippen LogP contribution < -0.4 is 9.81 Å². The van der Waals surface area contributed by atoms with Crippen molar-refractivity contribution in [2.24, 2.45) is 0 Å². The molecular weight excluding hydrogens is 329 g/mol. The molecule has 0 unspecified atom stereocenters. The van der Waals surface area contributed by atoms with Crippen molar-refractivity contribution in [2.75, 3.05) is 0 Å². The lowest BCUT2D eigenvalue weighted by atomic mass is 10.1. The molecule has 1 aromatic carbocycles. The molecule has 0 bridgehead atoms. The molecule has 0 amide bonds. The highest BCUT2D eigenvalue weighted by molar-refractivity contribution is 7.88. The molecule has 0 atom stereocenters. The maximum atomic E-state index is 12.2. The molecule has 0 radical (unpaired) electrons. The quantitative estimate of drug-likeness (QED) is 0.369. The second-order valence-corrected chi connectivity index (χ2v) is 5.72. The van der Waals surface area contributed by atoms with E-state index < -0.39 is 32.8 Å². The van der Waals surface area contributed by atoms with Crippen LogP contribution in [0.5, 0.6) is 5.75 Å². The van der Waals surface area contributed by atoms with Crippen LogP contribution >= 0.6 is 0 Å². The molecule has 0 saturated carbocycles. The van der Waals surface area contributed by atoms with Gasteiger partial charge >= 0.3 is 21.3 Å². The Bertz CT molecular complexity index is 911. The molecule has 0 N–H and O–H groups in total. The standard InChI is InChI=1S/C12H7F3O6S/c1-6(16)9-4-7-2-3-8(5-10(7)20-11(9)17)21-22(18,19)12(13,14)15/h2-5H,1H3. The largest absolute Gasteiger partial charge is 0.534 e. The summed E-state index contributed by atoms with van der Waals surface area (Å²) in [6.07, 6.45) is 0. The summed E-state index contributed by atoms with van der Waals surface area (Å²) in [6, 6.07) is 4.09. The van der Waals surface area contributed by atoms with Crippen molar-refractivity contribution in [3.05, 3.63) is 40.2 Å². The number of carbonyl (C=O) groups is 1. The molecule has 22 heavy (non-hydrogen) atoms. The van der Waals surface area contributed by atoms with Crippen LogP contribution in [0.1, 0.15) is 17.3 Å². The Morgan fingerprint density at radius 3 is 2.41 bits per heavy atom. The summed E-state index contributed by atoms with van der Waals surface area (Å²) in [6.45, 7) is 1.14. The average Bonchev–Trinajstić information content (AvgIpc) is 2.35. The Morgan fingerprint density at radius 2 is 1.86 bits per heavy atom. The van der Waals surface area contributed by atoms with Crippen molar-refractivity contribution in [1.82, 2.24) is 0 Å². The number of ketones is 1. The van der Waals surface area contributed by atoms with E-state index in [4.69, 9.17) is 4.42 Å². The molecule has 0 aliphatic rings. The fraction of sp³-hybridized carbons (Fsp3) is 0.167. The third kappa shape index (κ3) is 2.96. The van der Waals surface area contributed by atoms with Crippen molar-refractivity contribution in [3.63, 3.8) is 0 Å². The van der Waals surface area contributed by atoms with E-state index in [0.29, 0.717) is 0 Å². The molecule has 1 heterocycles. The minimum atomic E-state index is -5.83. The highest BCUT2D eigenvalue weighted by Crippen LogP contribution is 2.28. The van der Waals surface area contributed by atoms with Crippen molar-refractivity contribution in [2.45, 2.75) is 12.4 Å². The van der Waals surface area contributed by atoms with Crippen molar-refractivity contribution >= 4 is 26.9 Å². The zero-order valence-corrected chi connectivity index (χ0v) is 11.6. The van der Waals surface area contributed by atoms with Gasteiger partial charge in [0.05, 0.1) is 0 Å². The number of hydrogen-bond donors (Lipinski definition) is 0. The highest BCUT2D eigenvalue weighted by atomic mass is 32.2. The van der Waals surface area contributed by atoms with Gasteiger partial charge in [0.2, 0.25) is 0 Å². The minimum absolute atomic E-state index is 0.218. The van der Waals surface area contributed by atoms with Crippen LogP contribution in [0.2, 0.25) is 0 Å². The summed E-state index contributed by atoms with van der Waals surface area (Å²) in [5.74, 6) is -1.22. The van der Waals surface area contributed by atoms with Crippen molar-refractivity contribution < 1.29 is 35.0 Å². The van der Waals surface area contributed by atoms with Gasteiger partial charge < -0.3 is 8.60 Å². The number of alkyl halides is 3. The van der Waals surface area contributed by atoms with Gasteiger partial charge in [-0.3, -0.25) is 4.79 Å². The van der Waals surface area contributed by atoms with Gasteiger partial charge in [0.25, 0.3) is 0 Å². The van der Waals surface area contributed by atoms with Gasteiger partial charge in [0, 0.05) is 11.5 Å². The predicted octanol–water partition coefficient (Wildman–Crippen LogP) is 2.22. The van der Waals surface area contributed by atoms with Crippen LogP contribution in [-0.4, -0.2) is 19.7 Å². The van der Waals surface area contributed by atoms with Gasteiger partial charge in [-0.15, -0.1) is 0 Å². The van der Waals surface area contributed by atoms with Crippen molar-refractivity contribution in [3.8, 4) is 5.75 Å². The van der Waals surface area contributed by atoms with Crippen LogP contribution in [0.4, 0.5) is 13.2 Å². The number of benzene rings is 1. The van der Waals surface area contributed by atoms with Crippen LogP contribution in [0.3, 0.4) is 0 Å². The molecule has 2 rings (SSSR count). The first-order chi connectivity index (χ1) is 10.0. The van der Waals surface area contributed by atoms with Crippen LogP contribution in [0.15, 0.2) is 33.5 Å². The van der Waals surface area contributed by atoms with E-state index in [-0.39, 0.29) is 16.5 Å². The molecule has 0 aliphatic carbocycles. The van der Waals surface area contributed by atoms with Gasteiger partial charge in [-0.25, -0.2) is 4.79 Å². The van der Waals surface area contributed by atoms with Crippen LogP contribution in [-0.2, 0) is 10.1 Å². The Hall–Kier alpha value is -2.36. The number of Topliss-reactive ketones (excluding diaryl/α,β-unsaturated/α-hetero) is 1. The fourth-order valence-corrected chi connectivity index (χ4v) is 2.01. The molecule has 2 aromatic rings. The zero-order chi connectivity index (χ0) is 16.7. The Morgan fingerprint density at radius 1 is 1.23 bits per heavy atom. The van der Waals surface area contributed by atoms with Gasteiger partial charge in [-0.2, -0.15) is 21.6 Å². The lowest BCUT2D eigenvalue weighted by Gasteiger charge is -2.09. The highest BCUT2D eigenvalue weighted by Gasteiger charge is 2.48. The van der Waals surface area contributed by atoms with E-state index in [2.05, 4.69) is 4.18 Å². The smallest absolute Gasteiger partial charge is 0.422 e. The molecule has 1 aromatic heterocycles. The Kier molecular flexibility index (Phi) is 3.73. The molecule has 10 heteroatoms. The lowest BCUT2D eigenvalue weighted by molar-refractivity contribution is -0.0500. The SMILES string of the molecule is CC(=O)c1cc2ccc(OS(=O)(=O)C(F)(F)F)cc2oc1=O. The second kappa shape index (κ2) is 5.13. The monoisotopic (exact) mass is 336 g/mol. The van der Waals surface area contributed by atoms with E-state index in [0.717, 1.165) is 25.1 Å². The lowest BCUT2D eigenvalue weighted by Crippen LogP contribution is -2.28. The number of carbonyl (C=O) groups excluding carboxylic acids is 1. The summed E-state index contributed by atoms with van der Waals surface area (Å²) in [5.41, 5.74) is -7.02. The van der Waals surface area contributed by atoms with Gasteiger partial charge in [0.15, 0.2) is 5.78 Å². The molecule has 0 saturated heterocycles. The number of halogens is 3. The van der Waals surface area contributed by atoms with Crippen LogP contribution in [0.25, 0.3) is 11.0 Å². The number of fused-ring (bicyclic) bond motifs is 1. The number of hydrogen-bond acceptors (Lipinski definition) is 6. The first kappa shape index (κ1) is 16.0. The van der Waals surface area contributed by atoms with Gasteiger partial charge in [0.1, 0.15) is 16.9 Å². The summed E-state index contributed by atoms with van der Waals surface area (Å²) >= 11 is 0.